The van der Waals surface area contributed by atoms with Crippen molar-refractivity contribution in [2.45, 2.75) is 44.5 Å². The van der Waals surface area contributed by atoms with E-state index >= 15 is 0 Å². The van der Waals surface area contributed by atoms with Crippen molar-refractivity contribution >= 4 is 17.4 Å². The van der Waals surface area contributed by atoms with E-state index in [-0.39, 0.29) is 0 Å². The minimum absolute atomic E-state index is 0.539. The molecule has 0 N–H and O–H groups in total. The van der Waals surface area contributed by atoms with Crippen molar-refractivity contribution in [1.82, 2.24) is 4.98 Å². The highest BCUT2D eigenvalue weighted by atomic mass is 35.5. The lowest BCUT2D eigenvalue weighted by atomic mass is 9.85. The fourth-order valence-electron chi connectivity index (χ4n) is 2.75. The molecule has 2 unspecified atom stereocenters. The van der Waals surface area contributed by atoms with Gasteiger partial charge in [0.05, 0.1) is 0 Å². The molecule has 0 aromatic carbocycles. The Labute approximate surface area is 109 Å². The first-order chi connectivity index (χ1) is 8.22. The van der Waals surface area contributed by atoms with Crippen LogP contribution in [0, 0.1) is 5.92 Å². The summed E-state index contributed by atoms with van der Waals surface area (Å²) in [5.74, 6) is 2.37. The molecule has 1 saturated carbocycles. The van der Waals surface area contributed by atoms with E-state index in [1.54, 1.807) is 0 Å². The molecule has 1 aliphatic carbocycles. The van der Waals surface area contributed by atoms with Crippen molar-refractivity contribution in [1.29, 1.82) is 0 Å². The molecule has 0 amide bonds. The summed E-state index contributed by atoms with van der Waals surface area (Å²) in [7, 11) is 2.16. The summed E-state index contributed by atoms with van der Waals surface area (Å²) in [5.41, 5.74) is 1.08. The molecule has 0 spiro atoms. The van der Waals surface area contributed by atoms with Crippen molar-refractivity contribution in [2.24, 2.45) is 5.92 Å². The zero-order valence-corrected chi connectivity index (χ0v) is 11.5. The predicted molar refractivity (Wildman–Crippen MR) is 73.6 cm³/mol. The molecule has 0 radical (unpaired) electrons. The quantitative estimate of drug-likeness (QED) is 0.760. The third-order valence-electron chi connectivity index (χ3n) is 3.89. The minimum atomic E-state index is 0.539. The van der Waals surface area contributed by atoms with Crippen LogP contribution in [-0.2, 0) is 5.88 Å². The molecule has 1 fully saturated rings. The number of hydrogen-bond acceptors (Lipinski definition) is 2. The van der Waals surface area contributed by atoms with Gasteiger partial charge in [-0.3, -0.25) is 0 Å². The van der Waals surface area contributed by atoms with Gasteiger partial charge in [0.25, 0.3) is 0 Å². The molecule has 94 valence electrons. The van der Waals surface area contributed by atoms with Gasteiger partial charge >= 0.3 is 0 Å². The van der Waals surface area contributed by atoms with E-state index in [0.717, 1.165) is 17.3 Å². The van der Waals surface area contributed by atoms with Gasteiger partial charge in [0.1, 0.15) is 5.82 Å². The fourth-order valence-corrected chi connectivity index (χ4v) is 2.90. The summed E-state index contributed by atoms with van der Waals surface area (Å²) in [6.45, 7) is 2.35. The summed E-state index contributed by atoms with van der Waals surface area (Å²) >= 11 is 5.78. The molecule has 1 aliphatic rings. The molecule has 1 heterocycles. The normalized spacial score (nSPS) is 24.6. The zero-order chi connectivity index (χ0) is 12.3. The molecule has 0 bridgehead atoms. The van der Waals surface area contributed by atoms with E-state index in [2.05, 4.69) is 36.0 Å². The van der Waals surface area contributed by atoms with Crippen molar-refractivity contribution < 1.29 is 0 Å². The highest BCUT2D eigenvalue weighted by Crippen LogP contribution is 2.29. The Kier molecular flexibility index (Phi) is 4.27. The number of halogens is 1. The summed E-state index contributed by atoms with van der Waals surface area (Å²) in [6, 6.07) is 4.79. The van der Waals surface area contributed by atoms with E-state index < -0.39 is 0 Å². The van der Waals surface area contributed by atoms with Crippen LogP contribution in [0.25, 0.3) is 0 Å². The lowest BCUT2D eigenvalue weighted by Crippen LogP contribution is -2.39. The SMILES string of the molecule is CC1CCCCC1N(C)c1ccc(CCl)cn1. The molecule has 1 aromatic rings. The molecule has 0 saturated heterocycles. The Morgan fingerprint density at radius 3 is 2.71 bits per heavy atom. The highest BCUT2D eigenvalue weighted by molar-refractivity contribution is 6.17. The Hall–Kier alpha value is -0.760. The van der Waals surface area contributed by atoms with Crippen molar-refractivity contribution in [3.05, 3.63) is 23.9 Å². The molecule has 17 heavy (non-hydrogen) atoms. The number of pyridine rings is 1. The summed E-state index contributed by atoms with van der Waals surface area (Å²) < 4.78 is 0. The first-order valence-corrected chi connectivity index (χ1v) is 6.99. The zero-order valence-electron chi connectivity index (χ0n) is 10.7. The predicted octanol–water partition coefficient (Wildman–Crippen LogP) is 3.84. The lowest BCUT2D eigenvalue weighted by Gasteiger charge is -2.37. The molecular weight excluding hydrogens is 232 g/mol. The lowest BCUT2D eigenvalue weighted by molar-refractivity contribution is 0.320. The molecule has 2 rings (SSSR count). The van der Waals surface area contributed by atoms with E-state index in [1.165, 1.54) is 25.7 Å². The van der Waals surface area contributed by atoms with Crippen LogP contribution in [0.1, 0.15) is 38.2 Å². The second-order valence-electron chi connectivity index (χ2n) is 5.10. The average Bonchev–Trinajstić information content (AvgIpc) is 2.39. The van der Waals surface area contributed by atoms with Gasteiger partial charge in [-0.1, -0.05) is 25.8 Å². The van der Waals surface area contributed by atoms with Crippen LogP contribution in [0.2, 0.25) is 0 Å². The first-order valence-electron chi connectivity index (χ1n) is 6.46. The fraction of sp³-hybridized carbons (Fsp3) is 0.643. The van der Waals surface area contributed by atoms with Crippen LogP contribution in [0.4, 0.5) is 5.82 Å². The van der Waals surface area contributed by atoms with Crippen LogP contribution in [0.3, 0.4) is 0 Å². The van der Waals surface area contributed by atoms with Crippen molar-refractivity contribution in [3.63, 3.8) is 0 Å². The second-order valence-corrected chi connectivity index (χ2v) is 5.37. The van der Waals surface area contributed by atoms with Crippen LogP contribution < -0.4 is 4.90 Å². The largest absolute Gasteiger partial charge is 0.356 e. The van der Waals surface area contributed by atoms with Gasteiger partial charge in [-0.25, -0.2) is 4.98 Å². The Morgan fingerprint density at radius 1 is 1.35 bits per heavy atom. The third kappa shape index (κ3) is 2.92. The number of anilines is 1. The molecule has 3 heteroatoms. The maximum absolute atomic E-state index is 5.78. The minimum Gasteiger partial charge on any atom is -0.356 e. The maximum atomic E-state index is 5.78. The van der Waals surface area contributed by atoms with E-state index in [0.29, 0.717) is 11.9 Å². The van der Waals surface area contributed by atoms with Gasteiger partial charge in [-0.05, 0) is 30.4 Å². The van der Waals surface area contributed by atoms with Gasteiger partial charge in [-0.15, -0.1) is 11.6 Å². The standard InChI is InChI=1S/C14H21ClN2/c1-11-5-3-4-6-13(11)17(2)14-8-7-12(9-15)10-16-14/h7-8,10-11,13H,3-6,9H2,1-2H3. The molecule has 0 aliphatic heterocycles. The van der Waals surface area contributed by atoms with Gasteiger partial charge in [0.15, 0.2) is 0 Å². The average molecular weight is 253 g/mol. The topological polar surface area (TPSA) is 16.1 Å². The Bertz CT molecular complexity index is 350. The number of alkyl halides is 1. The van der Waals surface area contributed by atoms with Crippen molar-refractivity contribution in [3.8, 4) is 0 Å². The number of nitrogens with zero attached hydrogens (tertiary/aromatic N) is 2. The van der Waals surface area contributed by atoms with Crippen LogP contribution >= 0.6 is 11.6 Å². The molecule has 2 nitrogen and oxygen atoms in total. The summed E-state index contributed by atoms with van der Waals surface area (Å²) in [6.07, 6.45) is 7.24. The highest BCUT2D eigenvalue weighted by Gasteiger charge is 2.25. The smallest absolute Gasteiger partial charge is 0.128 e. The first kappa shape index (κ1) is 12.7. The van der Waals surface area contributed by atoms with Crippen molar-refractivity contribution in [2.75, 3.05) is 11.9 Å². The van der Waals surface area contributed by atoms with Crippen LogP contribution in [-0.4, -0.2) is 18.1 Å². The molecular formula is C14H21ClN2. The third-order valence-corrected chi connectivity index (χ3v) is 4.20. The molecule has 1 aromatic heterocycles. The molecule has 2 atom stereocenters. The summed E-state index contributed by atoms with van der Waals surface area (Å²) in [5, 5.41) is 0. The van der Waals surface area contributed by atoms with Gasteiger partial charge in [0.2, 0.25) is 0 Å². The van der Waals surface area contributed by atoms with E-state index in [1.807, 2.05) is 6.20 Å². The second kappa shape index (κ2) is 5.72. The maximum Gasteiger partial charge on any atom is 0.128 e. The number of aromatic nitrogens is 1. The number of rotatable bonds is 3. The van der Waals surface area contributed by atoms with Gasteiger partial charge < -0.3 is 4.90 Å². The monoisotopic (exact) mass is 252 g/mol. The Morgan fingerprint density at radius 2 is 2.12 bits per heavy atom. The number of hydrogen-bond donors (Lipinski definition) is 0. The van der Waals surface area contributed by atoms with Crippen LogP contribution in [0.5, 0.6) is 0 Å². The van der Waals surface area contributed by atoms with Gasteiger partial charge in [-0.2, -0.15) is 0 Å². The van der Waals surface area contributed by atoms with Crippen LogP contribution in [0.15, 0.2) is 18.3 Å². The van der Waals surface area contributed by atoms with E-state index in [9.17, 15) is 0 Å². The Balaban J connectivity index is 2.09. The van der Waals surface area contributed by atoms with E-state index in [4.69, 9.17) is 11.6 Å². The summed E-state index contributed by atoms with van der Waals surface area (Å²) in [4.78, 5) is 6.84. The van der Waals surface area contributed by atoms with Gasteiger partial charge in [0, 0.05) is 25.2 Å².